The van der Waals surface area contributed by atoms with Crippen molar-refractivity contribution >= 4 is 73.3 Å². The minimum atomic E-state index is -0.680. The summed E-state index contributed by atoms with van der Waals surface area (Å²) < 4.78 is 9.03. The maximum Gasteiger partial charge on any atom is 0.160 e. The topological polar surface area (TPSA) is 38.9 Å². The first kappa shape index (κ1) is 25.0. The van der Waals surface area contributed by atoms with E-state index in [-0.39, 0.29) is 0 Å². The summed E-state index contributed by atoms with van der Waals surface area (Å²) >= 11 is 1.83. The van der Waals surface area contributed by atoms with E-state index in [1.165, 1.54) is 41.7 Å². The van der Waals surface area contributed by atoms with E-state index in [1.807, 2.05) is 23.5 Å². The Labute approximate surface area is 265 Å². The molecule has 4 heterocycles. The lowest BCUT2D eigenvalue weighted by atomic mass is 10.0. The van der Waals surface area contributed by atoms with Crippen LogP contribution >= 0.6 is 11.3 Å². The monoisotopic (exact) mass is 608 g/mol. The predicted molar refractivity (Wildman–Crippen MR) is 192 cm³/mol. The van der Waals surface area contributed by atoms with Crippen LogP contribution in [0.4, 0.5) is 0 Å². The van der Waals surface area contributed by atoms with E-state index in [2.05, 4.69) is 121 Å². The molecule has 45 heavy (non-hydrogen) atoms. The van der Waals surface area contributed by atoms with Gasteiger partial charge in [-0.05, 0) is 40.6 Å². The van der Waals surface area contributed by atoms with Crippen molar-refractivity contribution in [2.45, 2.75) is 0 Å². The second-order valence-corrected chi connectivity index (χ2v) is 14.6. The maximum atomic E-state index is 6.50. The molecular weight excluding hydrogens is 585 g/mol. The van der Waals surface area contributed by atoms with Gasteiger partial charge in [0.15, 0.2) is 5.82 Å². The number of para-hydroxylation sites is 2. The molecule has 0 N–H and O–H groups in total. The van der Waals surface area contributed by atoms with Gasteiger partial charge in [-0.1, -0.05) is 114 Å². The number of hydrogen-bond acceptors (Lipinski definition) is 4. The molecule has 210 valence electrons. The van der Waals surface area contributed by atoms with E-state index in [0.29, 0.717) is 0 Å². The van der Waals surface area contributed by atoms with Gasteiger partial charge in [-0.3, -0.25) is 0 Å². The number of aromatic nitrogens is 2. The molecule has 0 radical (unpaired) electrons. The summed E-state index contributed by atoms with van der Waals surface area (Å²) in [6.07, 6.45) is 0. The molecule has 6 aromatic carbocycles. The van der Waals surface area contributed by atoms with Crippen molar-refractivity contribution in [1.29, 1.82) is 0 Å². The van der Waals surface area contributed by atoms with Crippen molar-refractivity contribution in [3.05, 3.63) is 133 Å². The second kappa shape index (κ2) is 9.57. The van der Waals surface area contributed by atoms with Crippen LogP contribution in [-0.4, -0.2) is 19.5 Å². The van der Waals surface area contributed by atoms with Gasteiger partial charge in [-0.2, -0.15) is 0 Å². The van der Waals surface area contributed by atoms with Crippen LogP contribution in [0, 0.1) is 0 Å². The average Bonchev–Trinajstić information content (AvgIpc) is 3.79. The van der Waals surface area contributed by atoms with Crippen LogP contribution in [0.25, 0.3) is 87.1 Å². The highest BCUT2D eigenvalue weighted by molar-refractivity contribution is 7.26. The third-order valence-electron chi connectivity index (χ3n) is 9.18. The van der Waals surface area contributed by atoms with E-state index >= 15 is 0 Å². The molecule has 9 aromatic rings. The maximum absolute atomic E-state index is 6.50. The average molecular weight is 609 g/mol. The Balaban J connectivity index is 1.26. The van der Waals surface area contributed by atoms with Crippen LogP contribution in [-0.2, 0) is 0 Å². The van der Waals surface area contributed by atoms with Gasteiger partial charge >= 0.3 is 0 Å². The first-order valence-corrected chi connectivity index (χ1v) is 17.4. The van der Waals surface area contributed by atoms with E-state index in [0.717, 1.165) is 55.8 Å². The van der Waals surface area contributed by atoms with Crippen molar-refractivity contribution in [2.75, 3.05) is 0 Å². The smallest absolute Gasteiger partial charge is 0.160 e. The largest absolute Gasteiger partial charge is 0.455 e. The van der Waals surface area contributed by atoms with Crippen LogP contribution in [0.3, 0.4) is 0 Å². The fourth-order valence-electron chi connectivity index (χ4n) is 7.11. The highest BCUT2D eigenvalue weighted by Crippen LogP contribution is 2.41. The molecule has 0 atom stereocenters. The van der Waals surface area contributed by atoms with Crippen LogP contribution in [0.2, 0.25) is 0 Å². The summed E-state index contributed by atoms with van der Waals surface area (Å²) in [6.45, 7) is 0. The molecule has 0 fully saturated rings. The lowest BCUT2D eigenvalue weighted by Crippen LogP contribution is -2.23. The van der Waals surface area contributed by atoms with E-state index < -0.39 is 9.52 Å². The Hall–Kier alpha value is -5.36. The third-order valence-corrected chi connectivity index (χ3v) is 12.5. The molecule has 10 rings (SSSR count). The van der Waals surface area contributed by atoms with Crippen LogP contribution in [0.5, 0.6) is 0 Å². The summed E-state index contributed by atoms with van der Waals surface area (Å²) in [5.41, 5.74) is 9.47. The highest BCUT2D eigenvalue weighted by Gasteiger charge is 2.24. The molecule has 1 aliphatic heterocycles. The summed E-state index contributed by atoms with van der Waals surface area (Å²) in [4.78, 5) is 10.7. The Morgan fingerprint density at radius 2 is 1.16 bits per heavy atom. The Morgan fingerprint density at radius 1 is 0.511 bits per heavy atom. The Morgan fingerprint density at radius 3 is 2.09 bits per heavy atom. The molecular formula is C40H24N2OSSi. The predicted octanol–water partition coefficient (Wildman–Crippen LogP) is 8.84. The van der Waals surface area contributed by atoms with Gasteiger partial charge in [0.1, 0.15) is 11.2 Å². The van der Waals surface area contributed by atoms with Crippen molar-refractivity contribution in [1.82, 2.24) is 9.97 Å². The lowest BCUT2D eigenvalue weighted by Gasteiger charge is -2.13. The number of thiophene rings is 1. The van der Waals surface area contributed by atoms with Crippen LogP contribution in [0.1, 0.15) is 0 Å². The van der Waals surface area contributed by atoms with Gasteiger partial charge in [-0.25, -0.2) is 9.97 Å². The van der Waals surface area contributed by atoms with Crippen molar-refractivity contribution in [3.63, 3.8) is 0 Å². The highest BCUT2D eigenvalue weighted by atomic mass is 32.1. The van der Waals surface area contributed by atoms with Crippen molar-refractivity contribution in [2.24, 2.45) is 0 Å². The van der Waals surface area contributed by atoms with E-state index in [1.54, 1.807) is 0 Å². The molecule has 0 aliphatic carbocycles. The van der Waals surface area contributed by atoms with Gasteiger partial charge in [0.25, 0.3) is 0 Å². The summed E-state index contributed by atoms with van der Waals surface area (Å²) in [5, 5.41) is 7.66. The molecule has 0 saturated heterocycles. The SMILES string of the molecule is c1ccc2c(c1)[SiH2]c1c(-c3nc(-c4cccc5c4oc4ccccc45)cc(-c4cccc5c4sc4ccccc45)n3)cccc1-2. The molecule has 0 bridgehead atoms. The van der Waals surface area contributed by atoms with Crippen LogP contribution < -0.4 is 10.4 Å². The Bertz CT molecular complexity index is 2520. The second-order valence-electron chi connectivity index (χ2n) is 11.7. The molecule has 5 heteroatoms. The number of nitrogens with zero attached hydrogens (tertiary/aromatic N) is 2. The molecule has 0 spiro atoms. The van der Waals surface area contributed by atoms with E-state index in [9.17, 15) is 0 Å². The van der Waals surface area contributed by atoms with Gasteiger partial charge in [0.2, 0.25) is 0 Å². The fraction of sp³-hybridized carbons (Fsp3) is 0. The standard InChI is InChI=1S/C40H24N2OSSi/c1-4-19-34-23(10-1)26-13-7-16-29(37(26)43-34)32-22-33(30-17-8-14-27-24-11-2-5-20-35(24)44-38(27)30)42-40(41-32)31-18-9-15-28-25-12-3-6-21-36(25)45-39(28)31/h1-22H,45H2. The minimum absolute atomic E-state index is 0.680. The Kier molecular flexibility index (Phi) is 5.32. The van der Waals surface area contributed by atoms with Gasteiger partial charge in [0.05, 0.1) is 20.9 Å². The minimum Gasteiger partial charge on any atom is -0.455 e. The van der Waals surface area contributed by atoms with E-state index in [4.69, 9.17) is 14.4 Å². The molecule has 0 saturated carbocycles. The zero-order valence-corrected chi connectivity index (χ0v) is 26.4. The van der Waals surface area contributed by atoms with Gasteiger partial charge < -0.3 is 4.42 Å². The normalized spacial score (nSPS) is 12.9. The molecule has 0 amide bonds. The molecule has 0 unspecified atom stereocenters. The van der Waals surface area contributed by atoms with Crippen LogP contribution in [0.15, 0.2) is 138 Å². The number of furan rings is 1. The number of rotatable bonds is 3. The number of fused-ring (bicyclic) bond motifs is 9. The van der Waals surface area contributed by atoms with Crippen molar-refractivity contribution in [3.8, 4) is 45.0 Å². The van der Waals surface area contributed by atoms with Crippen molar-refractivity contribution < 1.29 is 4.42 Å². The number of benzene rings is 6. The zero-order chi connectivity index (χ0) is 29.5. The molecule has 3 nitrogen and oxygen atoms in total. The lowest BCUT2D eigenvalue weighted by molar-refractivity contribution is 0.670. The van der Waals surface area contributed by atoms with Gasteiger partial charge in [-0.15, -0.1) is 11.3 Å². The first-order chi connectivity index (χ1) is 22.3. The quantitative estimate of drug-likeness (QED) is 0.188. The zero-order valence-electron chi connectivity index (χ0n) is 24.1. The fourth-order valence-corrected chi connectivity index (χ4v) is 10.4. The molecule has 1 aliphatic rings. The third kappa shape index (κ3) is 3.75. The first-order valence-electron chi connectivity index (χ1n) is 15.2. The number of hydrogen-bond donors (Lipinski definition) is 0. The molecule has 3 aromatic heterocycles. The summed E-state index contributed by atoms with van der Waals surface area (Å²) in [7, 11) is -0.680. The van der Waals surface area contributed by atoms with Gasteiger partial charge in [0, 0.05) is 47.6 Å². The summed E-state index contributed by atoms with van der Waals surface area (Å²) in [5.74, 6) is 0.769. The summed E-state index contributed by atoms with van der Waals surface area (Å²) in [6, 6.07) is 47.5.